The minimum Gasteiger partial charge on any atom is -0.383 e. The van der Waals surface area contributed by atoms with Gasteiger partial charge in [-0.05, 0) is 30.7 Å². The first-order chi connectivity index (χ1) is 16.6. The summed E-state index contributed by atoms with van der Waals surface area (Å²) >= 11 is 0. The molecule has 3 N–H and O–H groups in total. The lowest BCUT2D eigenvalue weighted by Gasteiger charge is -2.36. The maximum absolute atomic E-state index is 13.0. The van der Waals surface area contributed by atoms with Crippen molar-refractivity contribution in [2.24, 2.45) is 0 Å². The number of nitrogens with zero attached hydrogens (tertiary/aromatic N) is 3. The highest BCUT2D eigenvalue weighted by Gasteiger charge is 2.71. The number of sulfone groups is 1. The summed E-state index contributed by atoms with van der Waals surface area (Å²) in [7, 11) is -3.89. The molecule has 1 aromatic heterocycles. The molecule has 7 nitrogen and oxygen atoms in total. The van der Waals surface area contributed by atoms with Crippen LogP contribution in [0.3, 0.4) is 0 Å². The van der Waals surface area contributed by atoms with Crippen LogP contribution in [0.25, 0.3) is 0 Å². The molecule has 14 heteroatoms. The molecule has 0 atom stereocenters. The largest absolute Gasteiger partial charge is 0.430 e. The van der Waals surface area contributed by atoms with Crippen molar-refractivity contribution in [2.45, 2.75) is 29.8 Å². The highest BCUT2D eigenvalue weighted by Crippen LogP contribution is 2.50. The molecule has 0 saturated carbocycles. The zero-order chi connectivity index (χ0) is 26.9. The third-order valence-corrected chi connectivity index (χ3v) is 7.01. The van der Waals surface area contributed by atoms with Gasteiger partial charge in [0.25, 0.3) is 5.60 Å². The lowest BCUT2D eigenvalue weighted by molar-refractivity contribution is -0.376. The van der Waals surface area contributed by atoms with Crippen LogP contribution in [0.2, 0.25) is 0 Å². The van der Waals surface area contributed by atoms with Crippen LogP contribution in [-0.2, 0) is 15.4 Å². The zero-order valence-electron chi connectivity index (χ0n) is 18.9. The van der Waals surface area contributed by atoms with Crippen LogP contribution in [0.5, 0.6) is 0 Å². The summed E-state index contributed by atoms with van der Waals surface area (Å²) in [6.07, 6.45) is -10.8. The number of alkyl halides is 6. The van der Waals surface area contributed by atoms with Crippen molar-refractivity contribution >= 4 is 21.3 Å². The lowest BCUT2D eigenvalue weighted by Crippen LogP contribution is -2.53. The number of benzene rings is 1. The third-order valence-electron chi connectivity index (χ3n) is 5.76. The third kappa shape index (κ3) is 5.53. The SMILES string of the molecule is Cc1cc(S(=O)(=O)C#CCN2CCN(c3ccc(C(O)(C(F)(F)F)C(F)(F)F)cc3)CC2)cnc1N. The maximum atomic E-state index is 13.0. The van der Waals surface area contributed by atoms with Crippen molar-refractivity contribution in [1.29, 1.82) is 0 Å². The van der Waals surface area contributed by atoms with E-state index in [9.17, 15) is 39.9 Å². The summed E-state index contributed by atoms with van der Waals surface area (Å²) in [6.45, 7) is 3.35. The van der Waals surface area contributed by atoms with Gasteiger partial charge in [0.05, 0.1) is 11.4 Å². The number of aliphatic hydroxyl groups is 1. The molecule has 1 fully saturated rings. The van der Waals surface area contributed by atoms with Crippen molar-refractivity contribution < 1.29 is 39.9 Å². The Hall–Kier alpha value is -3.02. The van der Waals surface area contributed by atoms with Gasteiger partial charge in [-0.3, -0.25) is 4.90 Å². The smallest absolute Gasteiger partial charge is 0.383 e. The molecule has 2 heterocycles. The lowest BCUT2D eigenvalue weighted by atomic mass is 9.92. The molecular formula is C22H22F6N4O3S. The first-order valence-electron chi connectivity index (χ1n) is 10.5. The molecule has 1 aliphatic heterocycles. The topological polar surface area (TPSA) is 99.8 Å². The van der Waals surface area contributed by atoms with E-state index in [0.717, 1.165) is 18.3 Å². The van der Waals surface area contributed by atoms with Crippen molar-refractivity contribution in [2.75, 3.05) is 43.4 Å². The number of aryl methyl sites for hydroxylation is 1. The fraction of sp³-hybridized carbons (Fsp3) is 0.409. The van der Waals surface area contributed by atoms with Gasteiger partial charge in [0.1, 0.15) is 5.82 Å². The van der Waals surface area contributed by atoms with E-state index in [1.165, 1.54) is 6.07 Å². The Balaban J connectivity index is 1.62. The van der Waals surface area contributed by atoms with Crippen molar-refractivity contribution in [3.05, 3.63) is 47.7 Å². The van der Waals surface area contributed by atoms with E-state index < -0.39 is 33.4 Å². The van der Waals surface area contributed by atoms with Gasteiger partial charge in [-0.1, -0.05) is 18.1 Å². The molecule has 0 amide bonds. The van der Waals surface area contributed by atoms with E-state index in [-0.39, 0.29) is 17.3 Å². The molecule has 1 aliphatic rings. The molecule has 1 aromatic carbocycles. The normalized spacial score (nSPS) is 15.9. The van der Waals surface area contributed by atoms with Gasteiger partial charge in [-0.2, -0.15) is 26.3 Å². The number of piperazine rings is 1. The Labute approximate surface area is 203 Å². The van der Waals surface area contributed by atoms with Gasteiger partial charge in [0.2, 0.25) is 9.84 Å². The van der Waals surface area contributed by atoms with Crippen molar-refractivity contribution in [3.63, 3.8) is 0 Å². The van der Waals surface area contributed by atoms with E-state index in [0.29, 0.717) is 49.6 Å². The zero-order valence-corrected chi connectivity index (χ0v) is 19.7. The molecule has 0 aliphatic carbocycles. The maximum Gasteiger partial charge on any atom is 0.430 e. The second-order valence-corrected chi connectivity index (χ2v) is 9.85. The van der Waals surface area contributed by atoms with E-state index in [2.05, 4.69) is 16.2 Å². The monoisotopic (exact) mass is 536 g/mol. The Morgan fingerprint density at radius 3 is 2.08 bits per heavy atom. The number of hydrogen-bond donors (Lipinski definition) is 2. The Morgan fingerprint density at radius 2 is 1.58 bits per heavy atom. The van der Waals surface area contributed by atoms with Crippen molar-refractivity contribution in [3.8, 4) is 11.2 Å². The Bertz CT molecular complexity index is 1250. The summed E-state index contributed by atoms with van der Waals surface area (Å²) in [5.74, 6) is 2.82. The second-order valence-electron chi connectivity index (χ2n) is 8.17. The van der Waals surface area contributed by atoms with Crippen LogP contribution in [0.15, 0.2) is 41.4 Å². The molecule has 0 bridgehead atoms. The number of pyridine rings is 1. The fourth-order valence-corrected chi connectivity index (χ4v) is 4.47. The number of nitrogens with two attached hydrogens (primary N) is 1. The van der Waals surface area contributed by atoms with Crippen LogP contribution in [0, 0.1) is 18.1 Å². The van der Waals surface area contributed by atoms with E-state index in [1.807, 2.05) is 4.90 Å². The average Bonchev–Trinajstić information content (AvgIpc) is 2.79. The first-order valence-corrected chi connectivity index (χ1v) is 11.9. The van der Waals surface area contributed by atoms with E-state index in [4.69, 9.17) is 5.73 Å². The number of halogens is 6. The molecule has 36 heavy (non-hydrogen) atoms. The average molecular weight is 536 g/mol. The minimum absolute atomic E-state index is 0.0714. The van der Waals surface area contributed by atoms with Crippen LogP contribution < -0.4 is 10.6 Å². The van der Waals surface area contributed by atoms with Gasteiger partial charge < -0.3 is 15.7 Å². The fourth-order valence-electron chi connectivity index (χ4n) is 3.57. The van der Waals surface area contributed by atoms with Crippen LogP contribution in [0.4, 0.5) is 37.8 Å². The van der Waals surface area contributed by atoms with Crippen LogP contribution in [-0.4, -0.2) is 68.5 Å². The predicted molar refractivity (Wildman–Crippen MR) is 119 cm³/mol. The highest BCUT2D eigenvalue weighted by atomic mass is 32.2. The summed E-state index contributed by atoms with van der Waals surface area (Å²) in [4.78, 5) is 7.34. The van der Waals surface area contributed by atoms with Gasteiger partial charge >= 0.3 is 12.4 Å². The van der Waals surface area contributed by atoms with Gasteiger partial charge in [0.15, 0.2) is 0 Å². The number of nitrogen functional groups attached to an aromatic ring is 1. The number of rotatable bonds is 4. The number of anilines is 2. The summed E-state index contributed by atoms with van der Waals surface area (Å²) in [5, 5.41) is 11.7. The number of hydrogen-bond acceptors (Lipinski definition) is 7. The Morgan fingerprint density at radius 1 is 1.03 bits per heavy atom. The highest BCUT2D eigenvalue weighted by molar-refractivity contribution is 7.96. The molecule has 0 radical (unpaired) electrons. The van der Waals surface area contributed by atoms with E-state index >= 15 is 0 Å². The quantitative estimate of drug-likeness (QED) is 0.352. The molecule has 0 unspecified atom stereocenters. The summed E-state index contributed by atoms with van der Waals surface area (Å²) < 4.78 is 103. The molecule has 1 saturated heterocycles. The molecule has 196 valence electrons. The second kappa shape index (κ2) is 9.79. The Kier molecular flexibility index (Phi) is 7.50. The summed E-state index contributed by atoms with van der Waals surface area (Å²) in [6, 6.07) is 4.76. The summed E-state index contributed by atoms with van der Waals surface area (Å²) in [5.41, 5.74) is 0.172. The minimum atomic E-state index is -5.95. The van der Waals surface area contributed by atoms with Crippen LogP contribution >= 0.6 is 0 Å². The predicted octanol–water partition coefficient (Wildman–Crippen LogP) is 2.84. The first kappa shape index (κ1) is 27.6. The molecular weight excluding hydrogens is 514 g/mol. The molecule has 0 spiro atoms. The van der Waals surface area contributed by atoms with E-state index in [1.54, 1.807) is 11.8 Å². The van der Waals surface area contributed by atoms with Gasteiger partial charge in [-0.15, -0.1) is 0 Å². The molecule has 3 rings (SSSR count). The van der Waals surface area contributed by atoms with Gasteiger partial charge in [0, 0.05) is 48.9 Å². The van der Waals surface area contributed by atoms with Crippen molar-refractivity contribution in [1.82, 2.24) is 9.88 Å². The van der Waals surface area contributed by atoms with Crippen LogP contribution in [0.1, 0.15) is 11.1 Å². The number of aromatic nitrogens is 1. The standard InChI is InChI=1S/C22H22F6N4O3S/c1-15-13-18(14-30-19(15)29)36(34,35)12-2-7-31-8-10-32(11-9-31)17-5-3-16(4-6-17)20(33,21(23,24)25)22(26,27)28/h3-6,13-14,33H,7-11H2,1H3,(H2,29,30). The van der Waals surface area contributed by atoms with Gasteiger partial charge in [-0.25, -0.2) is 13.4 Å². The molecule has 2 aromatic rings.